The molecule has 0 atom stereocenters. The molecule has 0 aliphatic carbocycles. The van der Waals surface area contributed by atoms with Crippen LogP contribution >= 0.6 is 11.8 Å². The SMILES string of the molecule is CSC1(CNC(=O)CCN)CCOCC1. The van der Waals surface area contributed by atoms with Crippen molar-refractivity contribution in [1.29, 1.82) is 0 Å². The van der Waals surface area contributed by atoms with E-state index >= 15 is 0 Å². The zero-order valence-corrected chi connectivity index (χ0v) is 10.1. The van der Waals surface area contributed by atoms with Crippen LogP contribution in [-0.4, -0.2) is 43.2 Å². The van der Waals surface area contributed by atoms with Crippen molar-refractivity contribution in [1.82, 2.24) is 5.32 Å². The third-order valence-electron chi connectivity index (χ3n) is 2.82. The lowest BCUT2D eigenvalue weighted by atomic mass is 9.99. The quantitative estimate of drug-likeness (QED) is 0.718. The molecule has 0 spiro atoms. The first kappa shape index (κ1) is 12.8. The van der Waals surface area contributed by atoms with Crippen LogP contribution in [-0.2, 0) is 9.53 Å². The highest BCUT2D eigenvalue weighted by molar-refractivity contribution is 8.00. The zero-order valence-electron chi connectivity index (χ0n) is 9.25. The third-order valence-corrected chi connectivity index (χ3v) is 4.23. The van der Waals surface area contributed by atoms with Crippen LogP contribution in [0.25, 0.3) is 0 Å². The third kappa shape index (κ3) is 4.01. The van der Waals surface area contributed by atoms with Crippen LogP contribution in [0.2, 0.25) is 0 Å². The van der Waals surface area contributed by atoms with E-state index in [2.05, 4.69) is 11.6 Å². The van der Waals surface area contributed by atoms with E-state index in [0.29, 0.717) is 13.0 Å². The van der Waals surface area contributed by atoms with Crippen LogP contribution < -0.4 is 11.1 Å². The summed E-state index contributed by atoms with van der Waals surface area (Å²) >= 11 is 1.83. The molecule has 1 fully saturated rings. The van der Waals surface area contributed by atoms with Gasteiger partial charge in [0.25, 0.3) is 0 Å². The van der Waals surface area contributed by atoms with Gasteiger partial charge in [-0.1, -0.05) is 0 Å². The van der Waals surface area contributed by atoms with Gasteiger partial charge in [-0.25, -0.2) is 0 Å². The first-order valence-electron chi connectivity index (χ1n) is 5.32. The second-order valence-electron chi connectivity index (χ2n) is 3.81. The number of carbonyl (C=O) groups is 1. The monoisotopic (exact) mass is 232 g/mol. The van der Waals surface area contributed by atoms with Crippen molar-refractivity contribution in [2.24, 2.45) is 5.73 Å². The van der Waals surface area contributed by atoms with Crippen molar-refractivity contribution in [2.75, 3.05) is 32.6 Å². The van der Waals surface area contributed by atoms with Crippen LogP contribution in [0.15, 0.2) is 0 Å². The molecule has 1 saturated heterocycles. The Kier molecular flexibility index (Phi) is 5.42. The van der Waals surface area contributed by atoms with E-state index in [-0.39, 0.29) is 10.7 Å². The Balaban J connectivity index is 2.35. The van der Waals surface area contributed by atoms with Crippen LogP contribution in [0.3, 0.4) is 0 Å². The number of carbonyl (C=O) groups excluding carboxylic acids is 1. The minimum Gasteiger partial charge on any atom is -0.381 e. The van der Waals surface area contributed by atoms with Crippen LogP contribution in [0.1, 0.15) is 19.3 Å². The van der Waals surface area contributed by atoms with Gasteiger partial charge in [0.2, 0.25) is 5.91 Å². The highest BCUT2D eigenvalue weighted by Crippen LogP contribution is 2.32. The number of hydrogen-bond donors (Lipinski definition) is 2. The number of nitrogens with two attached hydrogens (primary N) is 1. The molecular formula is C10H20N2O2S. The van der Waals surface area contributed by atoms with Crippen molar-refractivity contribution in [3.05, 3.63) is 0 Å². The molecule has 1 aliphatic rings. The van der Waals surface area contributed by atoms with Crippen molar-refractivity contribution >= 4 is 17.7 Å². The Hall–Kier alpha value is -0.260. The maximum atomic E-state index is 11.3. The molecule has 88 valence electrons. The Morgan fingerprint density at radius 3 is 2.73 bits per heavy atom. The van der Waals surface area contributed by atoms with E-state index in [1.54, 1.807) is 0 Å². The number of rotatable bonds is 5. The molecule has 0 aromatic carbocycles. The van der Waals surface area contributed by atoms with E-state index in [1.807, 2.05) is 11.8 Å². The number of hydrogen-bond acceptors (Lipinski definition) is 4. The van der Waals surface area contributed by atoms with Gasteiger partial charge in [0, 0.05) is 37.5 Å². The molecule has 1 amide bonds. The largest absolute Gasteiger partial charge is 0.381 e. The summed E-state index contributed by atoms with van der Waals surface area (Å²) < 4.78 is 5.50. The van der Waals surface area contributed by atoms with E-state index in [4.69, 9.17) is 10.5 Å². The fraction of sp³-hybridized carbons (Fsp3) is 0.900. The normalized spacial score (nSPS) is 19.9. The van der Waals surface area contributed by atoms with E-state index in [9.17, 15) is 4.79 Å². The zero-order chi connectivity index (χ0) is 11.1. The smallest absolute Gasteiger partial charge is 0.221 e. The average molecular weight is 232 g/mol. The molecule has 0 aromatic heterocycles. The topological polar surface area (TPSA) is 64.4 Å². The van der Waals surface area contributed by atoms with Gasteiger partial charge in [-0.15, -0.1) is 0 Å². The van der Waals surface area contributed by atoms with Gasteiger partial charge in [-0.3, -0.25) is 4.79 Å². The van der Waals surface area contributed by atoms with Gasteiger partial charge in [-0.2, -0.15) is 11.8 Å². The van der Waals surface area contributed by atoms with Gasteiger partial charge < -0.3 is 15.8 Å². The molecule has 0 bridgehead atoms. The fourth-order valence-corrected chi connectivity index (χ4v) is 2.47. The molecule has 0 saturated carbocycles. The van der Waals surface area contributed by atoms with E-state index in [1.165, 1.54) is 0 Å². The molecule has 0 radical (unpaired) electrons. The van der Waals surface area contributed by atoms with Crippen LogP contribution in [0.4, 0.5) is 0 Å². The maximum absolute atomic E-state index is 11.3. The molecule has 1 aliphatic heterocycles. The van der Waals surface area contributed by atoms with Crippen LogP contribution in [0, 0.1) is 0 Å². The first-order valence-corrected chi connectivity index (χ1v) is 6.54. The minimum atomic E-state index is 0.0532. The summed E-state index contributed by atoms with van der Waals surface area (Å²) in [5.74, 6) is 0.0532. The standard InChI is InChI=1S/C10H20N2O2S/c1-15-10(3-6-14-7-4-10)8-12-9(13)2-5-11/h2-8,11H2,1H3,(H,12,13). The lowest BCUT2D eigenvalue weighted by Crippen LogP contribution is -2.44. The van der Waals surface area contributed by atoms with Crippen molar-refractivity contribution < 1.29 is 9.53 Å². The summed E-state index contributed by atoms with van der Waals surface area (Å²) in [6.45, 7) is 2.75. The fourth-order valence-electron chi connectivity index (χ4n) is 1.68. The average Bonchev–Trinajstić information content (AvgIpc) is 2.28. The molecule has 0 unspecified atom stereocenters. The second-order valence-corrected chi connectivity index (χ2v) is 5.09. The summed E-state index contributed by atoms with van der Waals surface area (Å²) in [6, 6.07) is 0. The van der Waals surface area contributed by atoms with Crippen LogP contribution in [0.5, 0.6) is 0 Å². The maximum Gasteiger partial charge on any atom is 0.221 e. The molecule has 3 N–H and O–H groups in total. The molecule has 1 heterocycles. The molecule has 1 rings (SSSR count). The molecule has 5 heteroatoms. The van der Waals surface area contributed by atoms with Gasteiger partial charge in [0.05, 0.1) is 0 Å². The second kappa shape index (κ2) is 6.35. The van der Waals surface area contributed by atoms with Gasteiger partial charge in [0.15, 0.2) is 0 Å². The molecule has 15 heavy (non-hydrogen) atoms. The summed E-state index contributed by atoms with van der Waals surface area (Å²) in [5, 5.41) is 2.95. The molecular weight excluding hydrogens is 212 g/mol. The molecule has 4 nitrogen and oxygen atoms in total. The highest BCUT2D eigenvalue weighted by atomic mass is 32.2. The summed E-state index contributed by atoms with van der Waals surface area (Å²) in [5.41, 5.74) is 5.32. The predicted octanol–water partition coefficient (Wildman–Crippen LogP) is 0.364. The van der Waals surface area contributed by atoms with Gasteiger partial charge in [0.1, 0.15) is 0 Å². The Morgan fingerprint density at radius 2 is 2.20 bits per heavy atom. The highest BCUT2D eigenvalue weighted by Gasteiger charge is 2.31. The minimum absolute atomic E-state index is 0.0532. The number of ether oxygens (including phenoxy) is 1. The lowest BCUT2D eigenvalue weighted by Gasteiger charge is -2.35. The number of amides is 1. The summed E-state index contributed by atoms with van der Waals surface area (Å²) in [4.78, 5) is 11.3. The van der Waals surface area contributed by atoms with Gasteiger partial charge >= 0.3 is 0 Å². The Morgan fingerprint density at radius 1 is 1.53 bits per heavy atom. The van der Waals surface area contributed by atoms with Crippen molar-refractivity contribution in [2.45, 2.75) is 24.0 Å². The number of nitrogens with one attached hydrogen (secondary N) is 1. The number of thioether (sulfide) groups is 1. The Labute approximate surface area is 95.3 Å². The summed E-state index contributed by atoms with van der Waals surface area (Å²) in [6.07, 6.45) is 4.54. The lowest BCUT2D eigenvalue weighted by molar-refractivity contribution is -0.121. The van der Waals surface area contributed by atoms with Crippen molar-refractivity contribution in [3.8, 4) is 0 Å². The van der Waals surface area contributed by atoms with E-state index < -0.39 is 0 Å². The summed E-state index contributed by atoms with van der Waals surface area (Å²) in [7, 11) is 0. The first-order chi connectivity index (χ1) is 7.22. The Bertz CT molecular complexity index is 206. The van der Waals surface area contributed by atoms with E-state index in [0.717, 1.165) is 32.6 Å². The van der Waals surface area contributed by atoms with Crippen molar-refractivity contribution in [3.63, 3.8) is 0 Å². The predicted molar refractivity (Wildman–Crippen MR) is 63.0 cm³/mol. The molecule has 0 aromatic rings. The van der Waals surface area contributed by atoms with Gasteiger partial charge in [-0.05, 0) is 19.1 Å².